The maximum Gasteiger partial charge on any atom is 0.228 e. The summed E-state index contributed by atoms with van der Waals surface area (Å²) < 4.78 is 5.31. The number of carbonyl (C=O) groups excluding carboxylic acids is 2. The predicted octanol–water partition coefficient (Wildman–Crippen LogP) is 4.10. The highest BCUT2D eigenvalue weighted by Gasteiger charge is 2.45. The minimum Gasteiger partial charge on any atom is -0.469 e. The molecule has 3 heterocycles. The zero-order valence-corrected chi connectivity index (χ0v) is 16.4. The van der Waals surface area contributed by atoms with Crippen molar-refractivity contribution in [2.45, 2.75) is 25.8 Å². The molecule has 0 spiro atoms. The zero-order chi connectivity index (χ0) is 19.5. The largest absolute Gasteiger partial charge is 0.469 e. The van der Waals surface area contributed by atoms with Gasteiger partial charge in [-0.15, -0.1) is 11.3 Å². The Morgan fingerprint density at radius 2 is 2.04 bits per heavy atom. The number of nitrogens with one attached hydrogen (secondary N) is 1. The lowest BCUT2D eigenvalue weighted by atomic mass is 9.97. The number of anilines is 1. The van der Waals surface area contributed by atoms with Crippen LogP contribution < -0.4 is 10.2 Å². The van der Waals surface area contributed by atoms with Gasteiger partial charge in [0.05, 0.1) is 18.2 Å². The van der Waals surface area contributed by atoms with Crippen molar-refractivity contribution in [1.29, 1.82) is 0 Å². The number of nitrogens with zero attached hydrogens (tertiary/aromatic N) is 1. The summed E-state index contributed by atoms with van der Waals surface area (Å²) in [5.41, 5.74) is 1.97. The molecule has 28 heavy (non-hydrogen) atoms. The zero-order valence-electron chi connectivity index (χ0n) is 15.6. The number of hydrogen-bond acceptors (Lipinski definition) is 4. The average Bonchev–Trinajstić information content (AvgIpc) is 3.43. The highest BCUT2D eigenvalue weighted by Crippen LogP contribution is 2.43. The second-order valence-electron chi connectivity index (χ2n) is 6.99. The maximum atomic E-state index is 12.9. The van der Waals surface area contributed by atoms with Crippen LogP contribution in [-0.2, 0) is 16.0 Å². The van der Waals surface area contributed by atoms with Crippen LogP contribution in [0.4, 0.5) is 5.69 Å². The van der Waals surface area contributed by atoms with Gasteiger partial charge in [0.1, 0.15) is 5.76 Å². The van der Waals surface area contributed by atoms with Crippen LogP contribution in [0.2, 0.25) is 0 Å². The smallest absolute Gasteiger partial charge is 0.228 e. The molecule has 1 N–H and O–H groups in total. The maximum absolute atomic E-state index is 12.9. The van der Waals surface area contributed by atoms with Gasteiger partial charge in [0, 0.05) is 30.0 Å². The molecule has 4 rings (SSSR count). The lowest BCUT2D eigenvalue weighted by molar-refractivity contribution is -0.126. The third-order valence-corrected chi connectivity index (χ3v) is 6.00. The lowest BCUT2D eigenvalue weighted by Crippen LogP contribution is -2.36. The average molecular weight is 394 g/mol. The summed E-state index contributed by atoms with van der Waals surface area (Å²) in [5.74, 6) is 0.310. The van der Waals surface area contributed by atoms with Gasteiger partial charge < -0.3 is 14.6 Å². The molecule has 1 aliphatic heterocycles. The van der Waals surface area contributed by atoms with E-state index in [-0.39, 0.29) is 24.3 Å². The molecule has 2 atom stereocenters. The molecule has 1 saturated heterocycles. The van der Waals surface area contributed by atoms with E-state index in [9.17, 15) is 9.59 Å². The Bertz CT molecular complexity index is 933. The van der Waals surface area contributed by atoms with Crippen LogP contribution in [0.25, 0.3) is 0 Å². The van der Waals surface area contributed by atoms with E-state index in [1.54, 1.807) is 22.5 Å². The van der Waals surface area contributed by atoms with E-state index in [1.165, 1.54) is 0 Å². The first-order valence-electron chi connectivity index (χ1n) is 9.35. The molecule has 1 aliphatic rings. The fraction of sp³-hybridized carbons (Fsp3) is 0.273. The first-order valence-corrected chi connectivity index (χ1v) is 10.2. The SMILES string of the molecule is Cc1ccc(N2C(=O)C[C@@H](C(=O)NCCc3ccco3)[C@H]2c2cccs2)cc1. The van der Waals surface area contributed by atoms with Crippen LogP contribution >= 0.6 is 11.3 Å². The van der Waals surface area contributed by atoms with Crippen LogP contribution in [0.1, 0.15) is 28.7 Å². The van der Waals surface area contributed by atoms with E-state index in [4.69, 9.17) is 4.42 Å². The summed E-state index contributed by atoms with van der Waals surface area (Å²) in [7, 11) is 0. The number of carbonyl (C=O) groups is 2. The van der Waals surface area contributed by atoms with Crippen molar-refractivity contribution < 1.29 is 14.0 Å². The summed E-state index contributed by atoms with van der Waals surface area (Å²) >= 11 is 1.58. The molecule has 2 amide bonds. The van der Waals surface area contributed by atoms with E-state index < -0.39 is 5.92 Å². The summed E-state index contributed by atoms with van der Waals surface area (Å²) in [6, 6.07) is 15.3. The topological polar surface area (TPSA) is 62.6 Å². The van der Waals surface area contributed by atoms with Crippen LogP contribution in [0.15, 0.2) is 64.6 Å². The predicted molar refractivity (Wildman–Crippen MR) is 109 cm³/mol. The van der Waals surface area contributed by atoms with Gasteiger partial charge in [-0.1, -0.05) is 23.8 Å². The molecule has 2 aromatic heterocycles. The molecule has 0 unspecified atom stereocenters. The Morgan fingerprint density at radius 1 is 1.21 bits per heavy atom. The van der Waals surface area contributed by atoms with Crippen molar-refractivity contribution in [3.63, 3.8) is 0 Å². The van der Waals surface area contributed by atoms with Crippen LogP contribution in [0.3, 0.4) is 0 Å². The lowest BCUT2D eigenvalue weighted by Gasteiger charge is -2.27. The molecule has 3 aromatic rings. The Kier molecular flexibility index (Phi) is 5.30. The molecular weight excluding hydrogens is 372 g/mol. The van der Waals surface area contributed by atoms with Crippen molar-refractivity contribution >= 4 is 28.8 Å². The summed E-state index contributed by atoms with van der Waals surface area (Å²) in [6.07, 6.45) is 2.47. The van der Waals surface area contributed by atoms with Crippen LogP contribution in [0.5, 0.6) is 0 Å². The molecule has 5 nitrogen and oxygen atoms in total. The number of amides is 2. The van der Waals surface area contributed by atoms with Gasteiger partial charge in [0.2, 0.25) is 11.8 Å². The minimum atomic E-state index is -0.413. The summed E-state index contributed by atoms with van der Waals surface area (Å²) in [5, 5.41) is 4.97. The van der Waals surface area contributed by atoms with Crippen LogP contribution in [-0.4, -0.2) is 18.4 Å². The number of benzene rings is 1. The van der Waals surface area contributed by atoms with Crippen molar-refractivity contribution in [3.8, 4) is 0 Å². The van der Waals surface area contributed by atoms with E-state index >= 15 is 0 Å². The van der Waals surface area contributed by atoms with E-state index in [0.717, 1.165) is 21.9 Å². The number of aryl methyl sites for hydroxylation is 1. The van der Waals surface area contributed by atoms with Gasteiger partial charge in [-0.2, -0.15) is 0 Å². The van der Waals surface area contributed by atoms with E-state index in [1.807, 2.05) is 60.8 Å². The van der Waals surface area contributed by atoms with E-state index in [0.29, 0.717) is 13.0 Å². The number of hydrogen-bond donors (Lipinski definition) is 1. The Hall–Kier alpha value is -2.86. The fourth-order valence-corrected chi connectivity index (χ4v) is 4.54. The monoisotopic (exact) mass is 394 g/mol. The van der Waals surface area contributed by atoms with Crippen molar-refractivity contribution in [2.75, 3.05) is 11.4 Å². The quantitative estimate of drug-likeness (QED) is 0.685. The van der Waals surface area contributed by atoms with Crippen molar-refractivity contribution in [2.24, 2.45) is 5.92 Å². The van der Waals surface area contributed by atoms with Crippen molar-refractivity contribution in [1.82, 2.24) is 5.32 Å². The molecule has 144 valence electrons. The molecule has 6 heteroatoms. The molecule has 0 saturated carbocycles. The normalized spacial score (nSPS) is 19.2. The number of thiophene rings is 1. The Labute approximate surface area is 168 Å². The van der Waals surface area contributed by atoms with Gasteiger partial charge in [-0.3, -0.25) is 9.59 Å². The van der Waals surface area contributed by atoms with Crippen molar-refractivity contribution in [3.05, 3.63) is 76.4 Å². The second kappa shape index (κ2) is 8.02. The first-order chi connectivity index (χ1) is 13.6. The fourth-order valence-electron chi connectivity index (χ4n) is 3.66. The summed E-state index contributed by atoms with van der Waals surface area (Å²) in [6.45, 7) is 2.50. The Morgan fingerprint density at radius 3 is 2.71 bits per heavy atom. The molecule has 0 radical (unpaired) electrons. The first kappa shape index (κ1) is 18.5. The second-order valence-corrected chi connectivity index (χ2v) is 7.97. The highest BCUT2D eigenvalue weighted by molar-refractivity contribution is 7.10. The number of furan rings is 1. The third kappa shape index (κ3) is 3.73. The van der Waals surface area contributed by atoms with Gasteiger partial charge in [0.25, 0.3) is 0 Å². The minimum absolute atomic E-state index is 0.0200. The van der Waals surface area contributed by atoms with E-state index in [2.05, 4.69) is 5.32 Å². The van der Waals surface area contributed by atoms with Gasteiger partial charge in [-0.05, 0) is 42.6 Å². The third-order valence-electron chi connectivity index (χ3n) is 5.06. The molecule has 1 fully saturated rings. The van der Waals surface area contributed by atoms with Gasteiger partial charge in [0.15, 0.2) is 0 Å². The molecule has 1 aromatic carbocycles. The highest BCUT2D eigenvalue weighted by atomic mass is 32.1. The molecular formula is C22H22N2O3S. The Balaban J connectivity index is 1.55. The van der Waals surface area contributed by atoms with Crippen LogP contribution in [0, 0.1) is 12.8 Å². The summed E-state index contributed by atoms with van der Waals surface area (Å²) in [4.78, 5) is 28.6. The van der Waals surface area contributed by atoms with Gasteiger partial charge >= 0.3 is 0 Å². The standard InChI is InChI=1S/C22H22N2O3S/c1-15-6-8-16(9-7-15)24-20(25)14-18(21(24)19-5-3-13-28-19)22(26)23-11-10-17-4-2-12-27-17/h2-9,12-13,18,21H,10-11,14H2,1H3,(H,23,26)/t18-,21+/m1/s1. The molecule has 0 bridgehead atoms. The van der Waals surface area contributed by atoms with Gasteiger partial charge in [-0.25, -0.2) is 0 Å². The number of rotatable bonds is 6. The molecule has 0 aliphatic carbocycles.